The summed E-state index contributed by atoms with van der Waals surface area (Å²) in [6.07, 6.45) is 3.63. The van der Waals surface area contributed by atoms with Gasteiger partial charge in [0.2, 0.25) is 0 Å². The smallest absolute Gasteiger partial charge is 0.171 e. The van der Waals surface area contributed by atoms with Crippen LogP contribution in [0.1, 0.15) is 5.56 Å². The first-order valence-corrected chi connectivity index (χ1v) is 6.23. The highest BCUT2D eigenvalue weighted by molar-refractivity contribution is 7.99. The zero-order valence-electron chi connectivity index (χ0n) is 9.54. The second kappa shape index (κ2) is 5.32. The van der Waals surface area contributed by atoms with E-state index in [1.165, 1.54) is 11.8 Å². The summed E-state index contributed by atoms with van der Waals surface area (Å²) in [5, 5.41) is 16.4. The summed E-state index contributed by atoms with van der Waals surface area (Å²) < 4.78 is 1.71. The first-order chi connectivity index (χ1) is 8.60. The van der Waals surface area contributed by atoms with Crippen LogP contribution >= 0.6 is 23.4 Å². The Balaban J connectivity index is 2.38. The van der Waals surface area contributed by atoms with Crippen LogP contribution in [-0.2, 0) is 7.05 Å². The molecule has 0 bridgehead atoms. The number of amidine groups is 1. The minimum absolute atomic E-state index is 0.0314. The lowest BCUT2D eigenvalue weighted by atomic mass is 10.2. The van der Waals surface area contributed by atoms with Crippen molar-refractivity contribution in [1.29, 1.82) is 0 Å². The Kier molecular flexibility index (Phi) is 3.78. The predicted octanol–water partition coefficient (Wildman–Crippen LogP) is 2.32. The summed E-state index contributed by atoms with van der Waals surface area (Å²) in [7, 11) is 1.84. The van der Waals surface area contributed by atoms with E-state index in [9.17, 15) is 0 Å². The topological polar surface area (TPSA) is 76.4 Å². The van der Waals surface area contributed by atoms with E-state index >= 15 is 0 Å². The summed E-state index contributed by atoms with van der Waals surface area (Å²) in [6, 6.07) is 5.25. The molecule has 18 heavy (non-hydrogen) atoms. The normalized spacial score (nSPS) is 11.8. The van der Waals surface area contributed by atoms with Gasteiger partial charge < -0.3 is 10.9 Å². The molecule has 7 heteroatoms. The molecule has 0 saturated heterocycles. The van der Waals surface area contributed by atoms with Crippen LogP contribution in [0.25, 0.3) is 0 Å². The maximum atomic E-state index is 8.77. The second-order valence-electron chi connectivity index (χ2n) is 3.58. The number of aryl methyl sites for hydroxylation is 1. The van der Waals surface area contributed by atoms with Crippen molar-refractivity contribution in [3.63, 3.8) is 0 Å². The summed E-state index contributed by atoms with van der Waals surface area (Å²) >= 11 is 7.38. The van der Waals surface area contributed by atoms with Gasteiger partial charge in [0.15, 0.2) is 5.84 Å². The van der Waals surface area contributed by atoms with E-state index in [0.29, 0.717) is 10.6 Å². The van der Waals surface area contributed by atoms with E-state index in [2.05, 4.69) is 10.3 Å². The molecule has 0 spiro atoms. The Morgan fingerprint density at radius 1 is 1.56 bits per heavy atom. The van der Waals surface area contributed by atoms with Gasteiger partial charge in [-0.2, -0.15) is 5.10 Å². The van der Waals surface area contributed by atoms with Gasteiger partial charge in [-0.3, -0.25) is 4.68 Å². The molecule has 2 aromatic rings. The van der Waals surface area contributed by atoms with E-state index in [1.54, 1.807) is 23.0 Å². The first kappa shape index (κ1) is 12.8. The molecule has 94 valence electrons. The van der Waals surface area contributed by atoms with Crippen molar-refractivity contribution in [2.24, 2.45) is 17.9 Å². The average molecular weight is 283 g/mol. The van der Waals surface area contributed by atoms with Gasteiger partial charge in [-0.1, -0.05) is 28.5 Å². The van der Waals surface area contributed by atoms with Crippen molar-refractivity contribution in [3.8, 4) is 0 Å². The van der Waals surface area contributed by atoms with Crippen molar-refractivity contribution in [3.05, 3.63) is 41.2 Å². The molecule has 5 nitrogen and oxygen atoms in total. The molecule has 0 saturated carbocycles. The lowest BCUT2D eigenvalue weighted by Gasteiger charge is -2.07. The lowest BCUT2D eigenvalue weighted by molar-refractivity contribution is 0.318. The van der Waals surface area contributed by atoms with Crippen molar-refractivity contribution >= 4 is 29.2 Å². The minimum Gasteiger partial charge on any atom is -0.409 e. The van der Waals surface area contributed by atoms with Crippen molar-refractivity contribution in [2.75, 3.05) is 0 Å². The quantitative estimate of drug-likeness (QED) is 0.392. The van der Waals surface area contributed by atoms with Gasteiger partial charge >= 0.3 is 0 Å². The second-order valence-corrected chi connectivity index (χ2v) is 5.13. The van der Waals surface area contributed by atoms with E-state index in [4.69, 9.17) is 22.5 Å². The number of hydrogen-bond acceptors (Lipinski definition) is 4. The van der Waals surface area contributed by atoms with Gasteiger partial charge in [0.25, 0.3) is 0 Å². The zero-order valence-corrected chi connectivity index (χ0v) is 11.1. The summed E-state index contributed by atoms with van der Waals surface area (Å²) in [4.78, 5) is 1.81. The predicted molar refractivity (Wildman–Crippen MR) is 71.3 cm³/mol. The molecule has 3 N–H and O–H groups in total. The molecule has 0 unspecified atom stereocenters. The molecule has 1 aromatic heterocycles. The molecule has 0 aliphatic rings. The van der Waals surface area contributed by atoms with Gasteiger partial charge in [0.05, 0.1) is 11.1 Å². The summed E-state index contributed by atoms with van der Waals surface area (Å²) in [5.74, 6) is 0.0314. The van der Waals surface area contributed by atoms with Crippen molar-refractivity contribution in [2.45, 2.75) is 9.79 Å². The van der Waals surface area contributed by atoms with Gasteiger partial charge in [-0.15, -0.1) is 0 Å². The summed E-state index contributed by atoms with van der Waals surface area (Å²) in [5.41, 5.74) is 6.23. The number of aromatic nitrogens is 2. The van der Waals surface area contributed by atoms with Gasteiger partial charge in [-0.25, -0.2) is 0 Å². The van der Waals surface area contributed by atoms with E-state index < -0.39 is 0 Å². The van der Waals surface area contributed by atoms with Crippen molar-refractivity contribution < 1.29 is 5.21 Å². The van der Waals surface area contributed by atoms with Gasteiger partial charge in [0, 0.05) is 28.7 Å². The van der Waals surface area contributed by atoms with E-state index in [1.807, 2.05) is 19.3 Å². The van der Waals surface area contributed by atoms with Crippen molar-refractivity contribution in [1.82, 2.24) is 9.78 Å². The standard InChI is InChI=1S/C11H11ClN4OS/c1-16-6-8(5-14-16)18-10-3-2-7(12)4-9(10)11(13)15-17/h2-6,17H,1H3,(H2,13,15). The summed E-state index contributed by atoms with van der Waals surface area (Å²) in [6.45, 7) is 0. The number of oxime groups is 1. The molecule has 0 fully saturated rings. The first-order valence-electron chi connectivity index (χ1n) is 5.04. The number of benzene rings is 1. The third kappa shape index (κ3) is 2.77. The Hall–Kier alpha value is -1.66. The third-order valence-electron chi connectivity index (χ3n) is 2.23. The molecule has 1 aromatic carbocycles. The Labute approximate surface area is 113 Å². The third-order valence-corrected chi connectivity index (χ3v) is 3.49. The molecule has 1 heterocycles. The highest BCUT2D eigenvalue weighted by Gasteiger charge is 2.10. The SMILES string of the molecule is Cn1cc(Sc2ccc(Cl)cc2C(N)=NO)cn1. The number of nitrogens with two attached hydrogens (primary N) is 1. The maximum absolute atomic E-state index is 8.77. The Morgan fingerprint density at radius 2 is 2.33 bits per heavy atom. The highest BCUT2D eigenvalue weighted by Crippen LogP contribution is 2.31. The zero-order chi connectivity index (χ0) is 13.1. The van der Waals surface area contributed by atoms with Crippen LogP contribution in [0.15, 0.2) is 45.5 Å². The van der Waals surface area contributed by atoms with Crippen LogP contribution in [0.5, 0.6) is 0 Å². The fourth-order valence-corrected chi connectivity index (χ4v) is 2.56. The molecule has 0 amide bonds. The van der Waals surface area contributed by atoms with E-state index in [-0.39, 0.29) is 5.84 Å². The largest absolute Gasteiger partial charge is 0.409 e. The number of rotatable bonds is 3. The molecule has 2 rings (SSSR count). The van der Waals surface area contributed by atoms with Crippen LogP contribution in [0.3, 0.4) is 0 Å². The number of halogens is 1. The molecular formula is C11H11ClN4OS. The fraction of sp³-hybridized carbons (Fsp3) is 0.0909. The highest BCUT2D eigenvalue weighted by atomic mass is 35.5. The molecule has 0 radical (unpaired) electrons. The Morgan fingerprint density at radius 3 is 2.94 bits per heavy atom. The average Bonchev–Trinajstić information content (AvgIpc) is 2.76. The maximum Gasteiger partial charge on any atom is 0.171 e. The van der Waals surface area contributed by atoms with Crippen LogP contribution in [0.2, 0.25) is 5.02 Å². The van der Waals surface area contributed by atoms with E-state index in [0.717, 1.165) is 9.79 Å². The van der Waals surface area contributed by atoms with Crippen LogP contribution < -0.4 is 5.73 Å². The van der Waals surface area contributed by atoms with Crippen LogP contribution in [0.4, 0.5) is 0 Å². The minimum atomic E-state index is 0.0314. The Bertz CT molecular complexity index is 596. The molecule has 0 aliphatic heterocycles. The van der Waals surface area contributed by atoms with Gasteiger partial charge in [0.1, 0.15) is 0 Å². The lowest BCUT2D eigenvalue weighted by Crippen LogP contribution is -2.14. The molecule has 0 aliphatic carbocycles. The van der Waals surface area contributed by atoms with Crippen LogP contribution in [0, 0.1) is 0 Å². The molecular weight excluding hydrogens is 272 g/mol. The van der Waals surface area contributed by atoms with Gasteiger partial charge in [-0.05, 0) is 18.2 Å². The van der Waals surface area contributed by atoms with Crippen LogP contribution in [-0.4, -0.2) is 20.8 Å². The fourth-order valence-electron chi connectivity index (χ4n) is 1.42. The number of nitrogens with zero attached hydrogens (tertiary/aromatic N) is 3. The molecule has 0 atom stereocenters. The monoisotopic (exact) mass is 282 g/mol. The number of hydrogen-bond donors (Lipinski definition) is 2.